The van der Waals surface area contributed by atoms with Crippen molar-refractivity contribution in [3.05, 3.63) is 44.9 Å². The molecule has 17 heteroatoms. The normalized spacial score (nSPS) is 36.6. The number of hydrogen-bond acceptors (Lipinski definition) is 13. The molecule has 0 unspecified atom stereocenters. The molecule has 0 bridgehead atoms. The molecule has 39 heavy (non-hydrogen) atoms. The Morgan fingerprint density at radius 1 is 1.13 bits per heavy atom. The van der Waals surface area contributed by atoms with E-state index < -0.39 is 84.4 Å². The van der Waals surface area contributed by atoms with E-state index in [1.54, 1.807) is 0 Å². The van der Waals surface area contributed by atoms with Crippen LogP contribution < -0.4 is 17.0 Å². The fourth-order valence-corrected chi connectivity index (χ4v) is 4.93. The molecule has 1 aromatic rings. The molecule has 4 rings (SSSR count). The largest absolute Gasteiger partial charge is 0.477 e. The third-order valence-electron chi connectivity index (χ3n) is 7.09. The summed E-state index contributed by atoms with van der Waals surface area (Å²) in [5.74, 6) is -2.17. The van der Waals surface area contributed by atoms with Crippen LogP contribution in [-0.4, -0.2) is 139 Å². The highest BCUT2D eigenvalue weighted by atomic mass is 16.7. The predicted molar refractivity (Wildman–Crippen MR) is 127 cm³/mol. The number of nitrogens with zero attached hydrogens (tertiary/aromatic N) is 3. The zero-order chi connectivity index (χ0) is 28.8. The first kappa shape index (κ1) is 29.0. The quantitative estimate of drug-likeness (QED) is 0.165. The van der Waals surface area contributed by atoms with Crippen molar-refractivity contribution in [2.75, 3.05) is 27.2 Å². The number of aliphatic hydroxyl groups excluding tert-OH is 4. The Morgan fingerprint density at radius 3 is 2.41 bits per heavy atom. The first-order valence-corrected chi connectivity index (χ1v) is 12.0. The van der Waals surface area contributed by atoms with E-state index in [4.69, 9.17) is 19.9 Å². The standard InChI is InChI=1S/C22H31N5O12/c1-25-5-3-8(20(34)35)26(2)18(33)11(25)16(39-21-15(32)12(29)9(7-23)37-21)17-13(30)14(31)19(38-17)27-6-4-10(28)24-22(27)36/h3-4,6,9,11-17,19,21,29-32H,5,7,23H2,1-2H3,(H,34,35)(H,24,28,36)/t9-,11-,12-,13-,14+,15-,16-,17-,19+,21+/m0/s1. The Hall–Kier alpha value is -3.00. The summed E-state index contributed by atoms with van der Waals surface area (Å²) in [7, 11) is 2.70. The molecule has 3 aliphatic heterocycles. The third-order valence-corrected chi connectivity index (χ3v) is 7.09. The smallest absolute Gasteiger partial charge is 0.352 e. The number of aromatic nitrogens is 2. The second kappa shape index (κ2) is 11.2. The average Bonchev–Trinajstić information content (AvgIpc) is 3.28. The van der Waals surface area contributed by atoms with Crippen LogP contribution in [0.25, 0.3) is 0 Å². The molecule has 1 aromatic heterocycles. The summed E-state index contributed by atoms with van der Waals surface area (Å²) >= 11 is 0. The predicted octanol–water partition coefficient (Wildman–Crippen LogP) is -5.31. The van der Waals surface area contributed by atoms with Gasteiger partial charge in [0.25, 0.3) is 5.56 Å². The van der Waals surface area contributed by atoms with E-state index in [0.717, 1.165) is 21.7 Å². The highest BCUT2D eigenvalue weighted by Gasteiger charge is 2.55. The second-order valence-corrected chi connectivity index (χ2v) is 9.53. The van der Waals surface area contributed by atoms with Gasteiger partial charge in [0.05, 0.1) is 0 Å². The number of carbonyl (C=O) groups excluding carboxylic acids is 1. The Labute approximate surface area is 220 Å². The summed E-state index contributed by atoms with van der Waals surface area (Å²) in [5.41, 5.74) is 3.60. The number of aliphatic carboxylic acids is 1. The molecule has 0 radical (unpaired) electrons. The molecule has 10 atom stereocenters. The molecular formula is C22H31N5O12. The van der Waals surface area contributed by atoms with E-state index >= 15 is 0 Å². The lowest BCUT2D eigenvalue weighted by atomic mass is 9.97. The highest BCUT2D eigenvalue weighted by molar-refractivity contribution is 5.95. The van der Waals surface area contributed by atoms with Crippen molar-refractivity contribution in [1.82, 2.24) is 19.4 Å². The fraction of sp³-hybridized carbons (Fsp3) is 0.636. The number of rotatable bonds is 7. The van der Waals surface area contributed by atoms with Crippen molar-refractivity contribution in [3.63, 3.8) is 0 Å². The van der Waals surface area contributed by atoms with Crippen molar-refractivity contribution in [2.45, 2.75) is 61.3 Å². The van der Waals surface area contributed by atoms with Crippen LogP contribution >= 0.6 is 0 Å². The molecule has 0 aliphatic carbocycles. The molecule has 4 heterocycles. The lowest BCUT2D eigenvalue weighted by Crippen LogP contribution is -2.59. The van der Waals surface area contributed by atoms with Crippen molar-refractivity contribution in [3.8, 4) is 0 Å². The van der Waals surface area contributed by atoms with Crippen LogP contribution in [0.1, 0.15) is 6.23 Å². The summed E-state index contributed by atoms with van der Waals surface area (Å²) in [6, 6.07) is -0.385. The fourth-order valence-electron chi connectivity index (χ4n) is 4.93. The van der Waals surface area contributed by atoms with Crippen molar-refractivity contribution < 1.29 is 49.3 Å². The van der Waals surface area contributed by atoms with Crippen LogP contribution in [0.3, 0.4) is 0 Å². The monoisotopic (exact) mass is 557 g/mol. The number of ether oxygens (including phenoxy) is 3. The van der Waals surface area contributed by atoms with Crippen molar-refractivity contribution in [1.29, 1.82) is 0 Å². The minimum atomic E-state index is -1.78. The minimum Gasteiger partial charge on any atom is -0.477 e. The topological polar surface area (TPSA) is 250 Å². The highest BCUT2D eigenvalue weighted by Crippen LogP contribution is 2.36. The summed E-state index contributed by atoms with van der Waals surface area (Å²) in [5, 5.41) is 52.1. The van der Waals surface area contributed by atoms with Gasteiger partial charge in [0.2, 0.25) is 5.91 Å². The van der Waals surface area contributed by atoms with Crippen LogP contribution in [0.15, 0.2) is 33.6 Å². The number of carboxylic acids is 1. The number of nitrogens with two attached hydrogens (primary N) is 1. The van der Waals surface area contributed by atoms with Crippen LogP contribution in [-0.2, 0) is 23.8 Å². The van der Waals surface area contributed by atoms with Gasteiger partial charge in [-0.1, -0.05) is 0 Å². The number of carboxylic acid groups (broad SMARTS) is 1. The van der Waals surface area contributed by atoms with E-state index in [2.05, 4.69) is 0 Å². The summed E-state index contributed by atoms with van der Waals surface area (Å²) in [6.07, 6.45) is -11.5. The number of aliphatic hydroxyl groups is 4. The average molecular weight is 558 g/mol. The maximum Gasteiger partial charge on any atom is 0.352 e. The first-order chi connectivity index (χ1) is 18.4. The van der Waals surface area contributed by atoms with Gasteiger partial charge in [0.15, 0.2) is 12.5 Å². The van der Waals surface area contributed by atoms with Crippen LogP contribution in [0.4, 0.5) is 0 Å². The lowest BCUT2D eigenvalue weighted by molar-refractivity contribution is -0.232. The molecule has 0 spiro atoms. The summed E-state index contributed by atoms with van der Waals surface area (Å²) in [6.45, 7) is -0.253. The van der Waals surface area contributed by atoms with E-state index in [1.807, 2.05) is 4.98 Å². The number of carbonyl (C=O) groups is 2. The summed E-state index contributed by atoms with van der Waals surface area (Å²) < 4.78 is 18.1. The van der Waals surface area contributed by atoms with Crippen molar-refractivity contribution >= 4 is 11.9 Å². The van der Waals surface area contributed by atoms with Gasteiger partial charge < -0.3 is 50.4 Å². The van der Waals surface area contributed by atoms with Gasteiger partial charge >= 0.3 is 11.7 Å². The molecular weight excluding hydrogens is 526 g/mol. The summed E-state index contributed by atoms with van der Waals surface area (Å²) in [4.78, 5) is 53.4. The Morgan fingerprint density at radius 2 is 1.82 bits per heavy atom. The van der Waals surface area contributed by atoms with Crippen LogP contribution in [0.2, 0.25) is 0 Å². The third kappa shape index (κ3) is 5.28. The molecule has 8 N–H and O–H groups in total. The van der Waals surface area contributed by atoms with E-state index in [9.17, 15) is 44.7 Å². The number of likely N-dealkylation sites (N-methyl/N-ethyl adjacent to an activating group) is 2. The second-order valence-electron chi connectivity index (χ2n) is 9.53. The minimum absolute atomic E-state index is 0.0709. The molecule has 3 aliphatic rings. The van der Waals surface area contributed by atoms with Gasteiger partial charge in [-0.05, 0) is 13.1 Å². The Balaban J connectivity index is 1.73. The SMILES string of the molecule is CN1C(=O)[C@H]([C@H](O[C@H]2O[C@@H](CN)[C@H](O)[C@@H]2O)[C@H]2O[C@@H](n3ccc(=O)[nH]c3=O)[C@H](O)[C@@H]2O)N(C)CC=C1C(=O)O. The van der Waals surface area contributed by atoms with Gasteiger partial charge in [0, 0.05) is 32.4 Å². The Kier molecular flexibility index (Phi) is 8.36. The van der Waals surface area contributed by atoms with Gasteiger partial charge in [-0.25, -0.2) is 9.59 Å². The zero-order valence-electron chi connectivity index (χ0n) is 20.9. The van der Waals surface area contributed by atoms with Gasteiger partial charge in [0.1, 0.15) is 54.5 Å². The molecule has 1 amide bonds. The molecule has 0 saturated carbocycles. The molecule has 2 saturated heterocycles. The maximum absolute atomic E-state index is 13.6. The lowest BCUT2D eigenvalue weighted by Gasteiger charge is -2.38. The number of H-pyrrole nitrogens is 1. The van der Waals surface area contributed by atoms with Crippen LogP contribution in [0, 0.1) is 0 Å². The number of aromatic amines is 1. The Bertz CT molecular complexity index is 1230. The number of nitrogens with one attached hydrogen (secondary N) is 1. The van der Waals surface area contributed by atoms with E-state index in [1.165, 1.54) is 25.1 Å². The molecule has 17 nitrogen and oxygen atoms in total. The number of amides is 1. The van der Waals surface area contributed by atoms with E-state index in [0.29, 0.717) is 0 Å². The zero-order valence-corrected chi connectivity index (χ0v) is 20.9. The first-order valence-electron chi connectivity index (χ1n) is 12.0. The maximum atomic E-state index is 13.6. The van der Waals surface area contributed by atoms with Gasteiger partial charge in [-0.3, -0.25) is 24.0 Å². The number of hydrogen-bond donors (Lipinski definition) is 7. The molecule has 216 valence electrons. The van der Waals surface area contributed by atoms with E-state index in [-0.39, 0.29) is 18.8 Å². The van der Waals surface area contributed by atoms with Gasteiger partial charge in [-0.2, -0.15) is 0 Å². The van der Waals surface area contributed by atoms with Crippen molar-refractivity contribution in [2.24, 2.45) is 5.73 Å². The molecule has 2 fully saturated rings. The molecule has 0 aromatic carbocycles. The van der Waals surface area contributed by atoms with Gasteiger partial charge in [-0.15, -0.1) is 0 Å². The van der Waals surface area contributed by atoms with Crippen LogP contribution in [0.5, 0.6) is 0 Å².